The first-order valence-corrected chi connectivity index (χ1v) is 7.92. The second-order valence-corrected chi connectivity index (χ2v) is 6.63. The molecule has 0 amide bonds. The SMILES string of the molecule is Cc1cc(C)c(OCC(C)C)c(CC(C)C(CN)CO)c1. The van der Waals surface area contributed by atoms with E-state index in [1.165, 1.54) is 16.7 Å². The molecule has 0 radical (unpaired) electrons. The third-order valence-electron chi connectivity index (χ3n) is 3.94. The molecule has 120 valence electrons. The molecule has 0 saturated carbocycles. The first-order chi connectivity index (χ1) is 9.88. The molecule has 1 aromatic rings. The predicted molar refractivity (Wildman–Crippen MR) is 88.7 cm³/mol. The fourth-order valence-electron chi connectivity index (χ4n) is 2.65. The molecule has 2 atom stereocenters. The van der Waals surface area contributed by atoms with Gasteiger partial charge in [0.15, 0.2) is 0 Å². The lowest BCUT2D eigenvalue weighted by molar-refractivity contribution is 0.185. The highest BCUT2D eigenvalue weighted by molar-refractivity contribution is 5.44. The van der Waals surface area contributed by atoms with Crippen LogP contribution in [0.5, 0.6) is 5.75 Å². The van der Waals surface area contributed by atoms with Gasteiger partial charge in [-0.25, -0.2) is 0 Å². The minimum atomic E-state index is 0.142. The van der Waals surface area contributed by atoms with Crippen LogP contribution in [0.2, 0.25) is 0 Å². The molecule has 0 aliphatic carbocycles. The monoisotopic (exact) mass is 293 g/mol. The molecule has 3 N–H and O–H groups in total. The summed E-state index contributed by atoms with van der Waals surface area (Å²) in [4.78, 5) is 0. The van der Waals surface area contributed by atoms with Crippen molar-refractivity contribution in [2.45, 2.75) is 41.0 Å². The second-order valence-electron chi connectivity index (χ2n) is 6.63. The summed E-state index contributed by atoms with van der Waals surface area (Å²) in [5, 5.41) is 9.42. The Morgan fingerprint density at radius 3 is 2.38 bits per heavy atom. The van der Waals surface area contributed by atoms with Gasteiger partial charge in [0, 0.05) is 6.61 Å². The maximum Gasteiger partial charge on any atom is 0.125 e. The van der Waals surface area contributed by atoms with E-state index in [1.54, 1.807) is 0 Å². The summed E-state index contributed by atoms with van der Waals surface area (Å²) in [6, 6.07) is 4.36. The fraction of sp³-hybridized carbons (Fsp3) is 0.667. The van der Waals surface area contributed by atoms with Gasteiger partial charge in [0.1, 0.15) is 5.75 Å². The number of aliphatic hydroxyl groups is 1. The van der Waals surface area contributed by atoms with Gasteiger partial charge in [-0.1, -0.05) is 38.5 Å². The third kappa shape index (κ3) is 5.33. The minimum Gasteiger partial charge on any atom is -0.493 e. The summed E-state index contributed by atoms with van der Waals surface area (Å²) in [5.41, 5.74) is 9.41. The normalized spacial score (nSPS) is 14.3. The summed E-state index contributed by atoms with van der Waals surface area (Å²) in [7, 11) is 0. The topological polar surface area (TPSA) is 55.5 Å². The highest BCUT2D eigenvalue weighted by Gasteiger charge is 2.18. The van der Waals surface area contributed by atoms with Gasteiger partial charge in [-0.3, -0.25) is 0 Å². The first kappa shape index (κ1) is 18.0. The Hall–Kier alpha value is -1.06. The Morgan fingerprint density at radius 1 is 1.19 bits per heavy atom. The summed E-state index contributed by atoms with van der Waals surface area (Å²) < 4.78 is 6.04. The average Bonchev–Trinajstić information content (AvgIpc) is 2.38. The van der Waals surface area contributed by atoms with Crippen molar-refractivity contribution in [3.8, 4) is 5.75 Å². The molecule has 0 aromatic heterocycles. The van der Waals surface area contributed by atoms with Gasteiger partial charge in [-0.15, -0.1) is 0 Å². The van der Waals surface area contributed by atoms with E-state index in [2.05, 4.69) is 46.8 Å². The molecule has 2 unspecified atom stereocenters. The van der Waals surface area contributed by atoms with E-state index in [9.17, 15) is 5.11 Å². The fourth-order valence-corrected chi connectivity index (χ4v) is 2.65. The Kier molecular flexibility index (Phi) is 7.20. The molecule has 3 heteroatoms. The molecule has 0 aliphatic rings. The number of ether oxygens (including phenoxy) is 1. The van der Waals surface area contributed by atoms with Crippen molar-refractivity contribution >= 4 is 0 Å². The summed E-state index contributed by atoms with van der Waals surface area (Å²) in [6.07, 6.45) is 0.887. The van der Waals surface area contributed by atoms with Crippen molar-refractivity contribution in [1.29, 1.82) is 0 Å². The van der Waals surface area contributed by atoms with Crippen molar-refractivity contribution in [3.63, 3.8) is 0 Å². The van der Waals surface area contributed by atoms with E-state index >= 15 is 0 Å². The van der Waals surface area contributed by atoms with E-state index in [1.807, 2.05) is 0 Å². The van der Waals surface area contributed by atoms with Crippen LogP contribution in [-0.2, 0) is 6.42 Å². The number of benzene rings is 1. The lowest BCUT2D eigenvalue weighted by atomic mass is 9.87. The van der Waals surface area contributed by atoms with Crippen molar-refractivity contribution in [1.82, 2.24) is 0 Å². The Balaban J connectivity index is 2.98. The van der Waals surface area contributed by atoms with Crippen LogP contribution in [0.25, 0.3) is 0 Å². The van der Waals surface area contributed by atoms with Crippen molar-refractivity contribution in [3.05, 3.63) is 28.8 Å². The molecule has 0 bridgehead atoms. The third-order valence-corrected chi connectivity index (χ3v) is 3.94. The molecular formula is C18H31NO2. The van der Waals surface area contributed by atoms with Crippen molar-refractivity contribution in [2.75, 3.05) is 19.8 Å². The predicted octanol–water partition coefficient (Wildman–Crippen LogP) is 3.08. The van der Waals surface area contributed by atoms with Crippen LogP contribution in [0.1, 0.15) is 37.5 Å². The van der Waals surface area contributed by atoms with E-state index < -0.39 is 0 Å². The van der Waals surface area contributed by atoms with Crippen LogP contribution < -0.4 is 10.5 Å². The van der Waals surface area contributed by atoms with Crippen LogP contribution in [0.15, 0.2) is 12.1 Å². The van der Waals surface area contributed by atoms with E-state index in [0.29, 0.717) is 18.4 Å². The Morgan fingerprint density at radius 2 is 1.86 bits per heavy atom. The van der Waals surface area contributed by atoms with Crippen LogP contribution in [-0.4, -0.2) is 24.9 Å². The molecule has 3 nitrogen and oxygen atoms in total. The Bertz CT molecular complexity index is 439. The van der Waals surface area contributed by atoms with Gasteiger partial charge in [0.05, 0.1) is 6.61 Å². The molecule has 0 heterocycles. The number of hydrogen-bond acceptors (Lipinski definition) is 3. The lowest BCUT2D eigenvalue weighted by Crippen LogP contribution is -2.26. The van der Waals surface area contributed by atoms with Gasteiger partial charge in [-0.05, 0) is 55.7 Å². The molecular weight excluding hydrogens is 262 g/mol. The standard InChI is InChI=1S/C18H31NO2/c1-12(2)11-21-18-15(5)6-13(3)7-16(18)8-14(4)17(9-19)10-20/h6-7,12,14,17,20H,8-11,19H2,1-5H3. The Labute approximate surface area is 129 Å². The average molecular weight is 293 g/mol. The highest BCUT2D eigenvalue weighted by Crippen LogP contribution is 2.29. The number of aliphatic hydroxyl groups excluding tert-OH is 1. The van der Waals surface area contributed by atoms with Gasteiger partial charge in [-0.2, -0.15) is 0 Å². The maximum atomic E-state index is 9.42. The van der Waals surface area contributed by atoms with Gasteiger partial charge in [0.25, 0.3) is 0 Å². The summed E-state index contributed by atoms with van der Waals surface area (Å²) >= 11 is 0. The van der Waals surface area contributed by atoms with Crippen LogP contribution in [0.4, 0.5) is 0 Å². The molecule has 1 rings (SSSR count). The smallest absolute Gasteiger partial charge is 0.125 e. The number of nitrogens with two attached hydrogens (primary N) is 1. The number of aryl methyl sites for hydroxylation is 2. The molecule has 0 aliphatic heterocycles. The summed E-state index contributed by atoms with van der Waals surface area (Å²) in [5.74, 6) is 1.99. The highest BCUT2D eigenvalue weighted by atomic mass is 16.5. The zero-order valence-electron chi connectivity index (χ0n) is 14.1. The van der Waals surface area contributed by atoms with Crippen molar-refractivity contribution < 1.29 is 9.84 Å². The minimum absolute atomic E-state index is 0.142. The summed E-state index contributed by atoms with van der Waals surface area (Å²) in [6.45, 7) is 12.1. The van der Waals surface area contributed by atoms with E-state index in [4.69, 9.17) is 10.5 Å². The van der Waals surface area contributed by atoms with Gasteiger partial charge >= 0.3 is 0 Å². The maximum absolute atomic E-state index is 9.42. The zero-order chi connectivity index (χ0) is 16.0. The van der Waals surface area contributed by atoms with Crippen LogP contribution in [0, 0.1) is 31.6 Å². The molecule has 0 saturated heterocycles. The molecule has 1 aromatic carbocycles. The molecule has 21 heavy (non-hydrogen) atoms. The van der Waals surface area contributed by atoms with Crippen molar-refractivity contribution in [2.24, 2.45) is 23.5 Å². The largest absolute Gasteiger partial charge is 0.493 e. The van der Waals surface area contributed by atoms with E-state index in [0.717, 1.165) is 18.8 Å². The molecule has 0 spiro atoms. The second kappa shape index (κ2) is 8.40. The molecule has 0 fully saturated rings. The van der Waals surface area contributed by atoms with Crippen LogP contribution in [0.3, 0.4) is 0 Å². The number of hydrogen-bond donors (Lipinski definition) is 2. The van der Waals surface area contributed by atoms with Crippen LogP contribution >= 0.6 is 0 Å². The van der Waals surface area contributed by atoms with Gasteiger partial charge < -0.3 is 15.6 Å². The number of rotatable bonds is 8. The lowest BCUT2D eigenvalue weighted by Gasteiger charge is -2.23. The zero-order valence-corrected chi connectivity index (χ0v) is 14.1. The quantitative estimate of drug-likeness (QED) is 0.774. The van der Waals surface area contributed by atoms with Gasteiger partial charge in [0.2, 0.25) is 0 Å². The van der Waals surface area contributed by atoms with E-state index in [-0.39, 0.29) is 12.5 Å². The first-order valence-electron chi connectivity index (χ1n) is 7.92.